The Bertz CT molecular complexity index is 1200. The lowest BCUT2D eigenvalue weighted by Crippen LogP contribution is -2.52. The van der Waals surface area contributed by atoms with E-state index in [1.165, 1.54) is 12.8 Å². The highest BCUT2D eigenvalue weighted by Gasteiger charge is 2.35. The van der Waals surface area contributed by atoms with Gasteiger partial charge in [-0.05, 0) is 61.2 Å². The molecule has 2 unspecified atom stereocenters. The summed E-state index contributed by atoms with van der Waals surface area (Å²) in [7, 11) is -2.35. The van der Waals surface area contributed by atoms with Crippen molar-refractivity contribution in [1.29, 1.82) is 0 Å². The Morgan fingerprint density at radius 1 is 1.03 bits per heavy atom. The van der Waals surface area contributed by atoms with Gasteiger partial charge in [0, 0.05) is 60.1 Å². The van der Waals surface area contributed by atoms with Gasteiger partial charge in [0.05, 0.1) is 17.3 Å². The van der Waals surface area contributed by atoms with Crippen molar-refractivity contribution in [2.75, 3.05) is 49.2 Å². The minimum atomic E-state index is -2.35. The Hall–Kier alpha value is -2.77. The number of nitrogens with zero attached hydrogens (tertiary/aromatic N) is 3. The smallest absolute Gasteiger partial charge is 0.256 e. The predicted octanol–water partition coefficient (Wildman–Crippen LogP) is 4.38. The molecule has 1 aliphatic carbocycles. The van der Waals surface area contributed by atoms with E-state index in [1.807, 2.05) is 51.7 Å². The molecule has 1 amide bonds. The van der Waals surface area contributed by atoms with Gasteiger partial charge in [0.1, 0.15) is 0 Å². The zero-order valence-electron chi connectivity index (χ0n) is 20.6. The van der Waals surface area contributed by atoms with Crippen molar-refractivity contribution >= 4 is 32.9 Å². The summed E-state index contributed by atoms with van der Waals surface area (Å²) in [6.07, 6.45) is 6.36. The Labute approximate surface area is 209 Å². The minimum Gasteiger partial charge on any atom is -0.371 e. The lowest BCUT2D eigenvalue weighted by Gasteiger charge is -2.42. The first-order valence-electron chi connectivity index (χ1n) is 12.6. The van der Waals surface area contributed by atoms with Gasteiger partial charge in [-0.3, -0.25) is 9.00 Å². The summed E-state index contributed by atoms with van der Waals surface area (Å²) in [5.74, 6) is 4.49. The van der Waals surface area contributed by atoms with Gasteiger partial charge in [0.2, 0.25) is 0 Å². The van der Waals surface area contributed by atoms with Crippen LogP contribution in [0.5, 0.6) is 0 Å². The molecule has 1 saturated carbocycles. The van der Waals surface area contributed by atoms with Crippen LogP contribution in [0, 0.1) is 5.92 Å². The standard InChI is InChI=1S/C28H36N4O2S/c1-21(22-11-12-22)29-24-13-14-25(26(19-24)30-15-7-8-16-30)28(33)32-18-17-31(35(2,3)34)20-27(32)23-9-5-4-6-10-23/h4-6,9-10,13-14,19,22,27,29H,1-2,7-8,11-12,15-18,20H2,3H3. The van der Waals surface area contributed by atoms with Gasteiger partial charge in [0.25, 0.3) is 5.91 Å². The average Bonchev–Trinajstić information content (AvgIpc) is 3.57. The molecule has 2 atom stereocenters. The van der Waals surface area contributed by atoms with Crippen LogP contribution in [-0.4, -0.2) is 64.2 Å². The molecular formula is C28H36N4O2S. The third-order valence-corrected chi connectivity index (χ3v) is 8.81. The maximum absolute atomic E-state index is 14.1. The molecule has 0 radical (unpaired) electrons. The quantitative estimate of drug-likeness (QED) is 0.583. The summed E-state index contributed by atoms with van der Waals surface area (Å²) in [6.45, 7) is 7.70. The molecule has 6 nitrogen and oxygen atoms in total. The molecule has 2 heterocycles. The van der Waals surface area contributed by atoms with Crippen molar-refractivity contribution in [3.05, 3.63) is 71.9 Å². The molecule has 2 aromatic rings. The SMILES string of the molecule is C=C(Nc1ccc(C(=O)N2CCN(S(=C)(C)=O)CC2c2ccccc2)c(N2CCCC2)c1)C1CC1. The molecule has 3 fully saturated rings. The van der Waals surface area contributed by atoms with Crippen LogP contribution in [0.4, 0.5) is 11.4 Å². The van der Waals surface area contributed by atoms with Crippen molar-refractivity contribution in [2.24, 2.45) is 5.92 Å². The van der Waals surface area contributed by atoms with Crippen LogP contribution in [0.2, 0.25) is 0 Å². The molecule has 5 rings (SSSR count). The van der Waals surface area contributed by atoms with Crippen LogP contribution in [-0.2, 0) is 9.71 Å². The summed E-state index contributed by atoms with van der Waals surface area (Å²) < 4.78 is 14.7. The monoisotopic (exact) mass is 492 g/mol. The fraction of sp³-hybridized carbons (Fsp3) is 0.429. The van der Waals surface area contributed by atoms with Crippen molar-refractivity contribution in [3.63, 3.8) is 0 Å². The summed E-state index contributed by atoms with van der Waals surface area (Å²) in [5.41, 5.74) is 4.83. The second-order valence-electron chi connectivity index (χ2n) is 10.1. The van der Waals surface area contributed by atoms with Gasteiger partial charge in [-0.25, -0.2) is 4.31 Å². The van der Waals surface area contributed by atoms with Crippen molar-refractivity contribution < 1.29 is 9.00 Å². The molecule has 2 saturated heterocycles. The van der Waals surface area contributed by atoms with Gasteiger partial charge in [0.15, 0.2) is 0 Å². The Morgan fingerprint density at radius 2 is 1.74 bits per heavy atom. The van der Waals surface area contributed by atoms with E-state index in [0.717, 1.165) is 54.1 Å². The van der Waals surface area contributed by atoms with Crippen LogP contribution in [0.15, 0.2) is 60.8 Å². The van der Waals surface area contributed by atoms with Gasteiger partial charge in [-0.2, -0.15) is 0 Å². The van der Waals surface area contributed by atoms with Gasteiger partial charge >= 0.3 is 0 Å². The highest BCUT2D eigenvalue weighted by molar-refractivity contribution is 7.97. The zero-order valence-corrected chi connectivity index (χ0v) is 21.4. The van der Waals surface area contributed by atoms with Crippen molar-refractivity contribution in [3.8, 4) is 0 Å². The van der Waals surface area contributed by atoms with Gasteiger partial charge in [-0.15, -0.1) is 0 Å². The lowest BCUT2D eigenvalue weighted by atomic mass is 10.0. The van der Waals surface area contributed by atoms with Crippen LogP contribution in [0.25, 0.3) is 0 Å². The summed E-state index contributed by atoms with van der Waals surface area (Å²) in [6, 6.07) is 16.0. The fourth-order valence-corrected chi connectivity index (χ4v) is 6.12. The van der Waals surface area contributed by atoms with Gasteiger partial charge in [-0.1, -0.05) is 36.9 Å². The number of rotatable bonds is 7. The minimum absolute atomic E-state index is 0.0274. The molecule has 35 heavy (non-hydrogen) atoms. The molecule has 2 aliphatic heterocycles. The Kier molecular flexibility index (Phi) is 6.64. The largest absolute Gasteiger partial charge is 0.371 e. The number of allylic oxidation sites excluding steroid dienone is 1. The maximum Gasteiger partial charge on any atom is 0.256 e. The van der Waals surface area contributed by atoms with Crippen LogP contribution in [0.3, 0.4) is 0 Å². The number of piperazine rings is 1. The average molecular weight is 493 g/mol. The van der Waals surface area contributed by atoms with Gasteiger partial charge < -0.3 is 15.1 Å². The van der Waals surface area contributed by atoms with E-state index < -0.39 is 9.71 Å². The first-order valence-corrected chi connectivity index (χ1v) is 14.7. The topological polar surface area (TPSA) is 55.9 Å². The third-order valence-electron chi connectivity index (χ3n) is 7.38. The highest BCUT2D eigenvalue weighted by Crippen LogP contribution is 2.37. The highest BCUT2D eigenvalue weighted by atomic mass is 32.2. The molecule has 7 heteroatoms. The first-order chi connectivity index (χ1) is 16.8. The van der Waals surface area contributed by atoms with E-state index in [-0.39, 0.29) is 11.9 Å². The van der Waals surface area contributed by atoms with E-state index in [4.69, 9.17) is 0 Å². The van der Waals surface area contributed by atoms with E-state index in [0.29, 0.717) is 25.6 Å². The van der Waals surface area contributed by atoms with Crippen LogP contribution >= 0.6 is 0 Å². The summed E-state index contributed by atoms with van der Waals surface area (Å²) in [5, 5.41) is 3.48. The molecule has 186 valence electrons. The molecule has 1 N–H and O–H groups in total. The normalized spacial score (nSPS) is 22.6. The number of amides is 1. The summed E-state index contributed by atoms with van der Waals surface area (Å²) in [4.78, 5) is 18.4. The molecule has 0 bridgehead atoms. The Balaban J connectivity index is 1.47. The predicted molar refractivity (Wildman–Crippen MR) is 146 cm³/mol. The molecule has 0 spiro atoms. The van der Waals surface area contributed by atoms with E-state index >= 15 is 0 Å². The van der Waals surface area contributed by atoms with E-state index in [9.17, 15) is 9.00 Å². The van der Waals surface area contributed by atoms with E-state index in [2.05, 4.69) is 28.7 Å². The van der Waals surface area contributed by atoms with Crippen LogP contribution < -0.4 is 10.2 Å². The second kappa shape index (κ2) is 9.70. The number of nitrogens with one attached hydrogen (secondary N) is 1. The zero-order chi connectivity index (χ0) is 24.6. The molecule has 0 aromatic heterocycles. The number of hydrogen-bond acceptors (Lipinski definition) is 4. The third kappa shape index (κ3) is 5.26. The van der Waals surface area contributed by atoms with E-state index in [1.54, 1.807) is 6.26 Å². The molecule has 3 aliphatic rings. The molecule has 2 aromatic carbocycles. The Morgan fingerprint density at radius 3 is 2.40 bits per heavy atom. The van der Waals surface area contributed by atoms with Crippen LogP contribution in [0.1, 0.15) is 47.6 Å². The molecular weight excluding hydrogens is 456 g/mol. The summed E-state index contributed by atoms with van der Waals surface area (Å²) >= 11 is 0. The number of carbonyl (C=O) groups excluding carboxylic acids is 1. The lowest BCUT2D eigenvalue weighted by molar-refractivity contribution is 0.0568. The second-order valence-corrected chi connectivity index (χ2v) is 12.6. The number of carbonyl (C=O) groups is 1. The number of anilines is 2. The number of benzene rings is 2. The maximum atomic E-state index is 14.1. The van der Waals surface area contributed by atoms with Crippen molar-refractivity contribution in [1.82, 2.24) is 9.21 Å². The first kappa shape index (κ1) is 23.9. The fourth-order valence-electron chi connectivity index (χ4n) is 5.20. The van der Waals surface area contributed by atoms with Crippen molar-refractivity contribution in [2.45, 2.75) is 31.7 Å². The number of hydrogen-bond donors (Lipinski definition) is 1.